The van der Waals surface area contributed by atoms with E-state index in [0.717, 1.165) is 0 Å². The van der Waals surface area contributed by atoms with Crippen molar-refractivity contribution in [2.24, 2.45) is 0 Å². The van der Waals surface area contributed by atoms with Crippen LogP contribution in [0.25, 0.3) is 0 Å². The fraction of sp³-hybridized carbons (Fsp3) is 1.00. The zero-order valence-electron chi connectivity index (χ0n) is 18.0. The molecule has 0 saturated heterocycles. The molecule has 0 aliphatic rings. The Morgan fingerprint density at radius 3 is 0.651 bits per heavy atom. The highest BCUT2D eigenvalue weighted by Crippen LogP contribution is 2.62. The van der Waals surface area contributed by atoms with Crippen molar-refractivity contribution in [1.82, 2.24) is 0 Å². The zero-order chi connectivity index (χ0) is 36.1. The first-order valence-corrected chi connectivity index (χ1v) is 11.7. The van der Waals surface area contributed by atoms with Gasteiger partial charge in [-0.15, -0.1) is 0 Å². The summed E-state index contributed by atoms with van der Waals surface area (Å²) >= 11 is 0. The predicted octanol–water partition coefficient (Wildman–Crippen LogP) is 6.83. The van der Waals surface area contributed by atoms with E-state index in [4.69, 9.17) is 0 Å². The Labute approximate surface area is 216 Å². The summed E-state index contributed by atoms with van der Waals surface area (Å²) < 4.78 is 364. The molecule has 0 atom stereocenters. The van der Waals surface area contributed by atoms with Crippen LogP contribution in [-0.4, -0.2) is 86.0 Å². The quantitative estimate of drug-likeness (QED) is 0.230. The van der Waals surface area contributed by atoms with Crippen LogP contribution in [0.15, 0.2) is 0 Å². The first kappa shape index (κ1) is 41.1. The Hall–Kier alpha value is -1.85. The molecule has 0 aromatic heterocycles. The highest BCUT2D eigenvalue weighted by Gasteiger charge is 2.93. The normalized spacial score (nSPS) is 17.1. The van der Waals surface area contributed by atoms with E-state index >= 15 is 0 Å². The van der Waals surface area contributed by atoms with Gasteiger partial charge in [0.2, 0.25) is 24.3 Å². The first-order valence-electron chi connectivity index (χ1n) is 8.56. The van der Waals surface area contributed by atoms with Crippen molar-refractivity contribution in [1.29, 1.82) is 0 Å². The summed E-state index contributed by atoms with van der Waals surface area (Å²) in [5.41, 5.74) is 0. The van der Waals surface area contributed by atoms with Crippen LogP contribution >= 0.6 is 0 Å². The Kier molecular flexibility index (Phi) is 9.40. The van der Waals surface area contributed by atoms with Gasteiger partial charge in [-0.25, -0.2) is 16.8 Å². The summed E-state index contributed by atoms with van der Waals surface area (Å²) in [6.45, 7) is 0. The van der Waals surface area contributed by atoms with Gasteiger partial charge in [-0.3, -0.25) is 0 Å². The lowest BCUT2D eigenvalue weighted by molar-refractivity contribution is -0.383. The van der Waals surface area contributed by atoms with Gasteiger partial charge in [0, 0.05) is 0 Å². The Balaban J connectivity index is 8.43. The van der Waals surface area contributed by atoms with E-state index in [1.54, 1.807) is 0 Å². The number of hydrogen-bond acceptors (Lipinski definition) is 4. The second kappa shape index (κ2) is 9.82. The van der Waals surface area contributed by atoms with Crippen molar-refractivity contribution in [2.75, 3.05) is 0 Å². The third kappa shape index (κ3) is 5.19. The molecule has 0 aliphatic carbocycles. The molecule has 4 nitrogen and oxygen atoms in total. The van der Waals surface area contributed by atoms with Crippen LogP contribution in [0.2, 0.25) is 0 Å². The van der Waals surface area contributed by atoms with Crippen molar-refractivity contribution in [3.8, 4) is 0 Å². The van der Waals surface area contributed by atoms with Crippen LogP contribution in [-0.2, 0) is 19.7 Å². The molecule has 0 aromatic rings. The number of sulfone groups is 2. The van der Waals surface area contributed by atoms with Gasteiger partial charge in [-0.1, -0.05) is 0 Å². The third-order valence-electron chi connectivity index (χ3n) is 4.58. The molecule has 0 heterocycles. The summed E-state index contributed by atoms with van der Waals surface area (Å²) in [7, 11) is -21.0. The van der Waals surface area contributed by atoms with Crippen LogP contribution < -0.4 is 0 Å². The molecule has 0 rings (SSSR count). The van der Waals surface area contributed by atoms with Crippen molar-refractivity contribution in [2.45, 2.75) is 69.2 Å². The lowest BCUT2D eigenvalue weighted by Crippen LogP contribution is -2.72. The van der Waals surface area contributed by atoms with Gasteiger partial charge in [-0.05, 0) is 0 Å². The monoisotopic (exact) mass is 748 g/mol. The Morgan fingerprint density at radius 1 is 0.302 bits per heavy atom. The summed E-state index contributed by atoms with van der Waals surface area (Å²) in [4.78, 5) is 0. The largest absolute Gasteiger partial charge is 0.460 e. The molecular formula is C12HF25O4S2. The fourth-order valence-electron chi connectivity index (χ4n) is 2.24. The molecule has 0 spiro atoms. The predicted molar refractivity (Wildman–Crippen MR) is 79.4 cm³/mol. The molecule has 0 amide bonds. The number of halogens is 25. The average molecular weight is 748 g/mol. The molecule has 0 aliphatic heterocycles. The molecule has 0 fully saturated rings. The molecule has 43 heavy (non-hydrogen) atoms. The Bertz CT molecular complexity index is 1180. The summed E-state index contributed by atoms with van der Waals surface area (Å²) in [5.74, 6) is -54.3. The smallest absolute Gasteiger partial charge is 0.221 e. The van der Waals surface area contributed by atoms with Crippen LogP contribution in [0.5, 0.6) is 0 Å². The van der Waals surface area contributed by atoms with E-state index in [1.807, 2.05) is 0 Å². The lowest BCUT2D eigenvalue weighted by Gasteiger charge is -2.40. The topological polar surface area (TPSA) is 68.3 Å². The SMILES string of the molecule is O=S(=O)(C(C(F)(F)C(F)(F)C(F)(F)F)S(=O)(=O)C(F)(F)C(F)(F)C(F)(F)C(F)(F)F)C(F)(F)C(F)(F)C(F)(F)C(F)(F)F. The van der Waals surface area contributed by atoms with Crippen molar-refractivity contribution in [3.05, 3.63) is 0 Å². The van der Waals surface area contributed by atoms with E-state index < -0.39 is 88.8 Å². The maximum atomic E-state index is 14.0. The maximum Gasteiger partial charge on any atom is 0.460 e. The second-order valence-electron chi connectivity index (χ2n) is 7.44. The van der Waals surface area contributed by atoms with E-state index in [-0.39, 0.29) is 0 Å². The minimum Gasteiger partial charge on any atom is -0.221 e. The molecule has 0 saturated carbocycles. The van der Waals surface area contributed by atoms with Gasteiger partial charge in [0.05, 0.1) is 0 Å². The highest BCUT2D eigenvalue weighted by atomic mass is 32.3. The third-order valence-corrected chi connectivity index (χ3v) is 9.76. The molecule has 0 N–H and O–H groups in total. The van der Waals surface area contributed by atoms with E-state index in [2.05, 4.69) is 0 Å². The number of alkyl halides is 25. The van der Waals surface area contributed by atoms with Gasteiger partial charge >= 0.3 is 64.6 Å². The van der Waals surface area contributed by atoms with Gasteiger partial charge in [0.15, 0.2) is 0 Å². The van der Waals surface area contributed by atoms with Crippen LogP contribution in [0.4, 0.5) is 110 Å². The molecular weight excluding hydrogens is 747 g/mol. The van der Waals surface area contributed by atoms with Crippen LogP contribution in [0, 0.1) is 0 Å². The molecule has 0 unspecified atom stereocenters. The number of rotatable bonds is 10. The summed E-state index contributed by atoms with van der Waals surface area (Å²) in [5, 5.41) is -18.7. The van der Waals surface area contributed by atoms with Crippen molar-refractivity contribution in [3.63, 3.8) is 0 Å². The van der Waals surface area contributed by atoms with E-state index in [1.165, 1.54) is 0 Å². The molecule has 260 valence electrons. The minimum absolute atomic E-state index is 8.31. The molecule has 0 radical (unpaired) electrons. The van der Waals surface area contributed by atoms with E-state index in [0.29, 0.717) is 0 Å². The van der Waals surface area contributed by atoms with Crippen molar-refractivity contribution >= 4 is 19.7 Å². The zero-order valence-corrected chi connectivity index (χ0v) is 19.6. The molecule has 0 aromatic carbocycles. The highest BCUT2D eigenvalue weighted by molar-refractivity contribution is 8.10. The average Bonchev–Trinajstić information content (AvgIpc) is 2.69. The van der Waals surface area contributed by atoms with Crippen LogP contribution in [0.3, 0.4) is 0 Å². The summed E-state index contributed by atoms with van der Waals surface area (Å²) in [6, 6.07) is 0. The first-order chi connectivity index (χ1) is 17.9. The fourth-order valence-corrected chi connectivity index (χ4v) is 6.88. The Morgan fingerprint density at radius 2 is 0.488 bits per heavy atom. The number of hydrogen-bond donors (Lipinski definition) is 0. The van der Waals surface area contributed by atoms with Crippen molar-refractivity contribution < 1.29 is 127 Å². The lowest BCUT2D eigenvalue weighted by atomic mass is 10.1. The molecule has 0 bridgehead atoms. The van der Waals surface area contributed by atoms with Gasteiger partial charge in [0.25, 0.3) is 0 Å². The second-order valence-corrected chi connectivity index (χ2v) is 11.9. The maximum absolute atomic E-state index is 14.0. The minimum atomic E-state index is -10.5. The van der Waals surface area contributed by atoms with Gasteiger partial charge in [0.1, 0.15) is 0 Å². The van der Waals surface area contributed by atoms with E-state index in [9.17, 15) is 127 Å². The standard InChI is InChI=1S/C12HF25O4S2/c13-2(14,3(15,16)8(25,26)27)1(42(38,39)11(34,35)6(21,22)4(17,18)9(28,29)30)43(40,41)12(36,37)7(23,24)5(19,20)10(31,32)33/h1H. The van der Waals surface area contributed by atoms with Gasteiger partial charge < -0.3 is 0 Å². The van der Waals surface area contributed by atoms with Gasteiger partial charge in [-0.2, -0.15) is 110 Å². The van der Waals surface area contributed by atoms with Crippen LogP contribution in [0.1, 0.15) is 0 Å². The molecule has 31 heteroatoms. The summed E-state index contributed by atoms with van der Waals surface area (Å²) in [6.07, 6.45) is -25.1.